The van der Waals surface area contributed by atoms with Crippen LogP contribution in [-0.4, -0.2) is 64.7 Å². The fourth-order valence-corrected chi connectivity index (χ4v) is 4.64. The zero-order valence-electron chi connectivity index (χ0n) is 17.2. The van der Waals surface area contributed by atoms with Gasteiger partial charge in [-0.2, -0.15) is 4.31 Å². The van der Waals surface area contributed by atoms with Crippen molar-refractivity contribution in [3.63, 3.8) is 0 Å². The minimum Gasteiger partial charge on any atom is -0.492 e. The predicted molar refractivity (Wildman–Crippen MR) is 116 cm³/mol. The van der Waals surface area contributed by atoms with E-state index < -0.39 is 10.0 Å². The van der Waals surface area contributed by atoms with Crippen molar-refractivity contribution in [2.45, 2.75) is 11.8 Å². The van der Waals surface area contributed by atoms with E-state index >= 15 is 0 Å². The first-order valence-corrected chi connectivity index (χ1v) is 11.7. The van der Waals surface area contributed by atoms with E-state index in [-0.39, 0.29) is 24.0 Å². The van der Waals surface area contributed by atoms with E-state index in [0.29, 0.717) is 55.0 Å². The second kappa shape index (κ2) is 10.8. The van der Waals surface area contributed by atoms with Gasteiger partial charge in [-0.05, 0) is 49.4 Å². The van der Waals surface area contributed by atoms with Crippen LogP contribution in [0.25, 0.3) is 0 Å². The normalized spacial score (nSPS) is 14.8. The van der Waals surface area contributed by atoms with Crippen LogP contribution in [0.15, 0.2) is 47.4 Å². The number of sulfonamides is 1. The molecule has 168 valence electrons. The number of morpholine rings is 1. The lowest BCUT2D eigenvalue weighted by atomic mass is 10.2. The molecule has 8 nitrogen and oxygen atoms in total. The van der Waals surface area contributed by atoms with Crippen molar-refractivity contribution in [3.8, 4) is 11.5 Å². The number of carbonyl (C=O) groups excluding carboxylic acids is 1. The molecule has 1 aliphatic rings. The van der Waals surface area contributed by atoms with Crippen molar-refractivity contribution in [2.75, 3.05) is 46.1 Å². The number of nitrogens with one attached hydrogen (secondary N) is 1. The Kier molecular flexibility index (Phi) is 8.14. The number of ether oxygens (including phenoxy) is 3. The largest absolute Gasteiger partial charge is 0.492 e. The van der Waals surface area contributed by atoms with E-state index in [1.54, 1.807) is 30.3 Å². The smallest absolute Gasteiger partial charge is 0.251 e. The maximum Gasteiger partial charge on any atom is 0.251 e. The van der Waals surface area contributed by atoms with E-state index in [2.05, 4.69) is 5.32 Å². The zero-order valence-corrected chi connectivity index (χ0v) is 18.7. The minimum atomic E-state index is -3.54. The lowest BCUT2D eigenvalue weighted by Crippen LogP contribution is -2.40. The summed E-state index contributed by atoms with van der Waals surface area (Å²) in [6, 6.07) is 11.1. The fourth-order valence-electron chi connectivity index (χ4n) is 2.99. The van der Waals surface area contributed by atoms with Gasteiger partial charge in [0.05, 0.1) is 36.3 Å². The van der Waals surface area contributed by atoms with Crippen LogP contribution in [0.2, 0.25) is 5.02 Å². The molecule has 1 heterocycles. The molecule has 1 amide bonds. The van der Waals surface area contributed by atoms with Crippen molar-refractivity contribution in [3.05, 3.63) is 53.1 Å². The van der Waals surface area contributed by atoms with Crippen molar-refractivity contribution >= 4 is 27.5 Å². The van der Waals surface area contributed by atoms with Crippen molar-refractivity contribution in [1.29, 1.82) is 0 Å². The molecule has 0 radical (unpaired) electrons. The Morgan fingerprint density at radius 2 is 1.84 bits per heavy atom. The summed E-state index contributed by atoms with van der Waals surface area (Å²) < 4.78 is 42.8. The molecule has 10 heteroatoms. The number of hydrogen-bond acceptors (Lipinski definition) is 6. The molecule has 1 saturated heterocycles. The van der Waals surface area contributed by atoms with Gasteiger partial charge in [-0.3, -0.25) is 4.79 Å². The van der Waals surface area contributed by atoms with Gasteiger partial charge in [-0.15, -0.1) is 0 Å². The molecule has 0 aliphatic carbocycles. The monoisotopic (exact) mass is 468 g/mol. The Labute approximate surface area is 187 Å². The molecular weight excluding hydrogens is 444 g/mol. The van der Waals surface area contributed by atoms with Crippen LogP contribution >= 0.6 is 11.6 Å². The number of carbonyl (C=O) groups is 1. The summed E-state index contributed by atoms with van der Waals surface area (Å²) in [5.41, 5.74) is 0.422. The molecule has 0 aromatic heterocycles. The molecule has 0 spiro atoms. The van der Waals surface area contributed by atoms with Gasteiger partial charge in [-0.25, -0.2) is 8.42 Å². The SMILES string of the molecule is CCOc1ccc(C(=O)NCCOc2ccc(S(=O)(=O)N3CCOCC3)cc2)cc1Cl. The van der Waals surface area contributed by atoms with Gasteiger partial charge in [0, 0.05) is 18.7 Å². The van der Waals surface area contributed by atoms with Crippen molar-refractivity contribution in [1.82, 2.24) is 9.62 Å². The summed E-state index contributed by atoms with van der Waals surface area (Å²) in [4.78, 5) is 12.4. The second-order valence-electron chi connectivity index (χ2n) is 6.67. The maximum atomic E-state index is 12.6. The number of nitrogens with zero attached hydrogens (tertiary/aromatic N) is 1. The van der Waals surface area contributed by atoms with E-state index in [4.69, 9.17) is 25.8 Å². The van der Waals surface area contributed by atoms with Gasteiger partial charge >= 0.3 is 0 Å². The van der Waals surface area contributed by atoms with Gasteiger partial charge in [-0.1, -0.05) is 11.6 Å². The Hall–Kier alpha value is -2.33. The Morgan fingerprint density at radius 3 is 2.48 bits per heavy atom. The molecule has 1 N–H and O–H groups in total. The second-order valence-corrected chi connectivity index (χ2v) is 9.02. The molecule has 3 rings (SSSR count). The Bertz CT molecular complexity index is 991. The highest BCUT2D eigenvalue weighted by Gasteiger charge is 2.26. The molecule has 2 aromatic rings. The topological polar surface area (TPSA) is 94.2 Å². The van der Waals surface area contributed by atoms with Gasteiger partial charge in [0.15, 0.2) is 0 Å². The maximum absolute atomic E-state index is 12.6. The van der Waals surface area contributed by atoms with Gasteiger partial charge in [0.2, 0.25) is 10.0 Å². The van der Waals surface area contributed by atoms with Crippen molar-refractivity contribution < 1.29 is 27.4 Å². The highest BCUT2D eigenvalue weighted by atomic mass is 35.5. The molecular formula is C21H25ClN2O6S. The minimum absolute atomic E-state index is 0.211. The number of benzene rings is 2. The van der Waals surface area contributed by atoms with Crippen LogP contribution in [0.5, 0.6) is 11.5 Å². The zero-order chi connectivity index (χ0) is 22.3. The van der Waals surface area contributed by atoms with Crippen LogP contribution < -0.4 is 14.8 Å². The summed E-state index contributed by atoms with van der Waals surface area (Å²) in [7, 11) is -3.54. The van der Waals surface area contributed by atoms with E-state index in [1.165, 1.54) is 16.4 Å². The Balaban J connectivity index is 1.47. The predicted octanol–water partition coefficient (Wildman–Crippen LogP) is 2.57. The number of halogens is 1. The van der Waals surface area contributed by atoms with Gasteiger partial charge < -0.3 is 19.5 Å². The van der Waals surface area contributed by atoms with E-state index in [0.717, 1.165) is 0 Å². The third kappa shape index (κ3) is 6.10. The van der Waals surface area contributed by atoms with Crippen LogP contribution in [0, 0.1) is 0 Å². The van der Waals surface area contributed by atoms with Crippen LogP contribution in [0.4, 0.5) is 0 Å². The lowest BCUT2D eigenvalue weighted by molar-refractivity contribution is 0.0730. The highest BCUT2D eigenvalue weighted by Crippen LogP contribution is 2.25. The summed E-state index contributed by atoms with van der Waals surface area (Å²) in [5.74, 6) is 0.767. The van der Waals surface area contributed by atoms with Crippen LogP contribution in [-0.2, 0) is 14.8 Å². The molecule has 0 unspecified atom stereocenters. The molecule has 2 aromatic carbocycles. The fraction of sp³-hybridized carbons (Fsp3) is 0.381. The summed E-state index contributed by atoms with van der Waals surface area (Å²) >= 11 is 6.11. The summed E-state index contributed by atoms with van der Waals surface area (Å²) in [5, 5.41) is 3.12. The lowest BCUT2D eigenvalue weighted by Gasteiger charge is -2.26. The molecule has 31 heavy (non-hydrogen) atoms. The van der Waals surface area contributed by atoms with Gasteiger partial charge in [0.25, 0.3) is 5.91 Å². The average molecular weight is 469 g/mol. The first-order chi connectivity index (χ1) is 14.9. The number of amides is 1. The third-order valence-corrected chi connectivity index (χ3v) is 6.79. The number of hydrogen-bond donors (Lipinski definition) is 1. The summed E-state index contributed by atoms with van der Waals surface area (Å²) in [6.07, 6.45) is 0. The molecule has 1 fully saturated rings. The standard InChI is InChI=1S/C21H25ClN2O6S/c1-2-29-20-8-3-16(15-19(20)22)21(25)23-9-12-30-17-4-6-18(7-5-17)31(26,27)24-10-13-28-14-11-24/h3-8,15H,2,9-14H2,1H3,(H,23,25). The molecule has 0 bridgehead atoms. The summed E-state index contributed by atoms with van der Waals surface area (Å²) in [6.45, 7) is 4.34. The first kappa shape index (κ1) is 23.3. The van der Waals surface area contributed by atoms with E-state index in [9.17, 15) is 13.2 Å². The number of rotatable bonds is 9. The Morgan fingerprint density at radius 1 is 1.13 bits per heavy atom. The molecule has 0 atom stereocenters. The van der Waals surface area contributed by atoms with E-state index in [1.807, 2.05) is 6.92 Å². The molecule has 1 aliphatic heterocycles. The quantitative estimate of drug-likeness (QED) is 0.568. The average Bonchev–Trinajstić information content (AvgIpc) is 2.79. The van der Waals surface area contributed by atoms with Crippen LogP contribution in [0.3, 0.4) is 0 Å². The first-order valence-electron chi connectivity index (χ1n) is 9.93. The van der Waals surface area contributed by atoms with Crippen molar-refractivity contribution in [2.24, 2.45) is 0 Å². The van der Waals surface area contributed by atoms with Gasteiger partial charge in [0.1, 0.15) is 18.1 Å². The highest BCUT2D eigenvalue weighted by molar-refractivity contribution is 7.89. The third-order valence-electron chi connectivity index (χ3n) is 4.58. The molecule has 0 saturated carbocycles. The van der Waals surface area contributed by atoms with Crippen LogP contribution in [0.1, 0.15) is 17.3 Å².